The lowest BCUT2D eigenvalue weighted by Gasteiger charge is -2.32. The van der Waals surface area contributed by atoms with Crippen LogP contribution in [0.1, 0.15) is 12.8 Å². The fourth-order valence-corrected chi connectivity index (χ4v) is 2.96. The van der Waals surface area contributed by atoms with Crippen LogP contribution < -0.4 is 16.2 Å². The predicted molar refractivity (Wildman–Crippen MR) is 84.3 cm³/mol. The number of fused-ring (bicyclic) bond motifs is 1. The van der Waals surface area contributed by atoms with Crippen LogP contribution in [0.2, 0.25) is 0 Å². The van der Waals surface area contributed by atoms with E-state index < -0.39 is 0 Å². The van der Waals surface area contributed by atoms with Gasteiger partial charge in [0.2, 0.25) is 0 Å². The standard InChI is InChI=1S/C14H23N7/c1-19-6-3-11(4-7-19)9-20(2)14-13-16-5-8-21(13)10-12(17-14)18-15/h5,8,10-11,18H,3-4,6-7,9,15H2,1-2H3. The summed E-state index contributed by atoms with van der Waals surface area (Å²) in [7, 11) is 4.27. The van der Waals surface area contributed by atoms with Crippen LogP contribution >= 0.6 is 0 Å². The van der Waals surface area contributed by atoms with Crippen LogP contribution in [0, 0.1) is 5.92 Å². The lowest BCUT2D eigenvalue weighted by molar-refractivity contribution is 0.222. The molecule has 21 heavy (non-hydrogen) atoms. The van der Waals surface area contributed by atoms with Gasteiger partial charge in [-0.3, -0.25) is 0 Å². The van der Waals surface area contributed by atoms with Crippen molar-refractivity contribution in [3.05, 3.63) is 18.6 Å². The fourth-order valence-electron chi connectivity index (χ4n) is 2.96. The number of aromatic nitrogens is 3. The van der Waals surface area contributed by atoms with Crippen molar-refractivity contribution in [3.63, 3.8) is 0 Å². The average molecular weight is 289 g/mol. The molecule has 1 saturated heterocycles. The number of rotatable bonds is 4. The Labute approximate surface area is 124 Å². The van der Waals surface area contributed by atoms with Crippen molar-refractivity contribution in [1.29, 1.82) is 0 Å². The maximum Gasteiger partial charge on any atom is 0.180 e. The van der Waals surface area contributed by atoms with Crippen molar-refractivity contribution in [2.24, 2.45) is 11.8 Å². The molecule has 2 aromatic rings. The number of anilines is 2. The van der Waals surface area contributed by atoms with E-state index in [0.29, 0.717) is 11.7 Å². The summed E-state index contributed by atoms with van der Waals surface area (Å²) in [6, 6.07) is 0. The second-order valence-corrected chi connectivity index (χ2v) is 5.88. The van der Waals surface area contributed by atoms with Gasteiger partial charge in [-0.05, 0) is 38.9 Å². The topological polar surface area (TPSA) is 74.7 Å². The number of piperidine rings is 1. The molecule has 0 aromatic carbocycles. The van der Waals surface area contributed by atoms with Gasteiger partial charge in [0.05, 0.1) is 6.20 Å². The molecule has 3 rings (SSSR count). The summed E-state index contributed by atoms with van der Waals surface area (Å²) in [6.07, 6.45) is 8.00. The Morgan fingerprint density at radius 2 is 2.19 bits per heavy atom. The average Bonchev–Trinajstić information content (AvgIpc) is 2.96. The Kier molecular flexibility index (Phi) is 3.94. The predicted octanol–water partition coefficient (Wildman–Crippen LogP) is 0.793. The third kappa shape index (κ3) is 2.93. The van der Waals surface area contributed by atoms with E-state index in [4.69, 9.17) is 5.84 Å². The zero-order valence-corrected chi connectivity index (χ0v) is 12.7. The van der Waals surface area contributed by atoms with Gasteiger partial charge in [-0.25, -0.2) is 15.8 Å². The second kappa shape index (κ2) is 5.87. The van der Waals surface area contributed by atoms with E-state index in [0.717, 1.165) is 18.0 Å². The summed E-state index contributed by atoms with van der Waals surface area (Å²) in [5.41, 5.74) is 3.49. The smallest absolute Gasteiger partial charge is 0.180 e. The van der Waals surface area contributed by atoms with E-state index >= 15 is 0 Å². The SMILES string of the molecule is CN1CCC(CN(C)c2nc(NN)cn3ccnc23)CC1. The molecular formula is C14H23N7. The Morgan fingerprint density at radius 1 is 1.43 bits per heavy atom. The molecule has 0 radical (unpaired) electrons. The van der Waals surface area contributed by atoms with Crippen molar-refractivity contribution in [3.8, 4) is 0 Å². The summed E-state index contributed by atoms with van der Waals surface area (Å²) < 4.78 is 1.95. The van der Waals surface area contributed by atoms with Crippen LogP contribution in [-0.4, -0.2) is 53.0 Å². The van der Waals surface area contributed by atoms with Gasteiger partial charge in [-0.15, -0.1) is 0 Å². The van der Waals surface area contributed by atoms with Gasteiger partial charge < -0.3 is 19.6 Å². The number of hydrogen-bond donors (Lipinski definition) is 2. The summed E-state index contributed by atoms with van der Waals surface area (Å²) in [5, 5.41) is 0. The number of nitrogens with zero attached hydrogens (tertiary/aromatic N) is 5. The molecule has 0 bridgehead atoms. The first kappa shape index (κ1) is 14.1. The zero-order chi connectivity index (χ0) is 14.8. The monoisotopic (exact) mass is 289 g/mol. The van der Waals surface area contributed by atoms with Crippen LogP contribution in [0.25, 0.3) is 5.65 Å². The van der Waals surface area contributed by atoms with E-state index in [9.17, 15) is 0 Å². The maximum atomic E-state index is 5.51. The second-order valence-electron chi connectivity index (χ2n) is 5.88. The van der Waals surface area contributed by atoms with E-state index in [1.165, 1.54) is 25.9 Å². The number of nitrogens with one attached hydrogen (secondary N) is 1. The van der Waals surface area contributed by atoms with E-state index in [-0.39, 0.29) is 0 Å². The molecule has 0 saturated carbocycles. The van der Waals surface area contributed by atoms with Gasteiger partial charge in [-0.2, -0.15) is 0 Å². The molecule has 0 spiro atoms. The first-order chi connectivity index (χ1) is 10.2. The van der Waals surface area contributed by atoms with Crippen molar-refractivity contribution >= 4 is 17.3 Å². The van der Waals surface area contributed by atoms with Crippen molar-refractivity contribution in [1.82, 2.24) is 19.3 Å². The highest BCUT2D eigenvalue weighted by Gasteiger charge is 2.20. The first-order valence-electron chi connectivity index (χ1n) is 7.37. The van der Waals surface area contributed by atoms with Crippen LogP contribution in [0.5, 0.6) is 0 Å². The molecule has 1 fully saturated rings. The first-order valence-corrected chi connectivity index (χ1v) is 7.37. The lowest BCUT2D eigenvalue weighted by Crippen LogP contribution is -2.36. The van der Waals surface area contributed by atoms with Gasteiger partial charge in [0.15, 0.2) is 17.3 Å². The Bertz CT molecular complexity index is 600. The number of likely N-dealkylation sites (tertiary alicyclic amines) is 1. The molecule has 114 valence electrons. The molecule has 1 aliphatic rings. The number of nitrogen functional groups attached to an aromatic ring is 1. The lowest BCUT2D eigenvalue weighted by atomic mass is 9.97. The molecule has 0 amide bonds. The summed E-state index contributed by atoms with van der Waals surface area (Å²) in [4.78, 5) is 13.6. The molecule has 7 heteroatoms. The summed E-state index contributed by atoms with van der Waals surface area (Å²) in [6.45, 7) is 3.35. The van der Waals surface area contributed by atoms with Gasteiger partial charge >= 0.3 is 0 Å². The summed E-state index contributed by atoms with van der Waals surface area (Å²) in [5.74, 6) is 7.73. The van der Waals surface area contributed by atoms with Crippen LogP contribution in [0.3, 0.4) is 0 Å². The van der Waals surface area contributed by atoms with Gasteiger partial charge in [0.25, 0.3) is 0 Å². The largest absolute Gasteiger partial charge is 0.356 e. The zero-order valence-electron chi connectivity index (χ0n) is 12.7. The number of nitrogens with two attached hydrogens (primary N) is 1. The fraction of sp³-hybridized carbons (Fsp3) is 0.571. The van der Waals surface area contributed by atoms with Crippen LogP contribution in [-0.2, 0) is 0 Å². The van der Waals surface area contributed by atoms with Gasteiger partial charge in [-0.1, -0.05) is 0 Å². The molecular weight excluding hydrogens is 266 g/mol. The molecule has 7 nitrogen and oxygen atoms in total. The van der Waals surface area contributed by atoms with Crippen molar-refractivity contribution in [2.75, 3.05) is 44.1 Å². The van der Waals surface area contributed by atoms with Crippen LogP contribution in [0.15, 0.2) is 18.6 Å². The third-order valence-corrected chi connectivity index (χ3v) is 4.24. The van der Waals surface area contributed by atoms with Gasteiger partial charge in [0.1, 0.15) is 0 Å². The number of hydrogen-bond acceptors (Lipinski definition) is 6. The van der Waals surface area contributed by atoms with Gasteiger partial charge in [0, 0.05) is 26.0 Å². The minimum Gasteiger partial charge on any atom is -0.356 e. The highest BCUT2D eigenvalue weighted by molar-refractivity contribution is 5.66. The number of imidazole rings is 1. The minimum atomic E-state index is 0.644. The molecule has 3 heterocycles. The molecule has 1 aliphatic heterocycles. The highest BCUT2D eigenvalue weighted by atomic mass is 15.3. The Hall–Kier alpha value is -1.86. The Morgan fingerprint density at radius 3 is 2.90 bits per heavy atom. The normalized spacial score (nSPS) is 17.3. The van der Waals surface area contributed by atoms with Crippen LogP contribution in [0.4, 0.5) is 11.6 Å². The van der Waals surface area contributed by atoms with E-state index in [1.54, 1.807) is 6.20 Å². The molecule has 0 aliphatic carbocycles. The molecule has 3 N–H and O–H groups in total. The van der Waals surface area contributed by atoms with E-state index in [2.05, 4.69) is 39.3 Å². The van der Waals surface area contributed by atoms with E-state index in [1.807, 2.05) is 16.8 Å². The Balaban J connectivity index is 1.80. The number of hydrazine groups is 1. The summed E-state index contributed by atoms with van der Waals surface area (Å²) >= 11 is 0. The maximum absolute atomic E-state index is 5.51. The quantitative estimate of drug-likeness (QED) is 0.640. The molecule has 0 unspecified atom stereocenters. The minimum absolute atomic E-state index is 0.644. The highest BCUT2D eigenvalue weighted by Crippen LogP contribution is 2.23. The van der Waals surface area contributed by atoms with Crippen molar-refractivity contribution < 1.29 is 0 Å². The van der Waals surface area contributed by atoms with Crippen molar-refractivity contribution in [2.45, 2.75) is 12.8 Å². The third-order valence-electron chi connectivity index (χ3n) is 4.24. The molecule has 2 aromatic heterocycles. The molecule has 0 atom stereocenters.